The summed E-state index contributed by atoms with van der Waals surface area (Å²) < 4.78 is 3.09. The van der Waals surface area contributed by atoms with Crippen LogP contribution in [0, 0.1) is 5.92 Å². The number of hydrogen-bond acceptors (Lipinski definition) is 3. The molecule has 1 heterocycles. The van der Waals surface area contributed by atoms with E-state index in [0.29, 0.717) is 0 Å². The van der Waals surface area contributed by atoms with Crippen LogP contribution in [0.5, 0.6) is 0 Å². The van der Waals surface area contributed by atoms with Crippen molar-refractivity contribution in [1.82, 2.24) is 9.78 Å². The number of rotatable bonds is 7. The highest BCUT2D eigenvalue weighted by atomic mass is 79.9. The Hall–Kier alpha value is -0.000000000000000111. The monoisotopic (exact) mass is 333 g/mol. The van der Waals surface area contributed by atoms with Crippen LogP contribution in [0.1, 0.15) is 32.2 Å². The molecule has 0 saturated carbocycles. The summed E-state index contributed by atoms with van der Waals surface area (Å²) in [5.41, 5.74) is 8.53. The molecule has 104 valence electrons. The van der Waals surface area contributed by atoms with Gasteiger partial charge in [-0.15, -0.1) is 0 Å². The predicted octanol–water partition coefficient (Wildman–Crippen LogP) is 3.00. The summed E-state index contributed by atoms with van der Waals surface area (Å²) in [5.74, 6) is 2.93. The number of nitrogens with two attached hydrogens (primary N) is 1. The van der Waals surface area contributed by atoms with E-state index < -0.39 is 0 Å². The highest BCUT2D eigenvalue weighted by molar-refractivity contribution is 9.10. The van der Waals surface area contributed by atoms with Crippen molar-refractivity contribution >= 4 is 27.7 Å². The maximum absolute atomic E-state index is 6.20. The van der Waals surface area contributed by atoms with Gasteiger partial charge in [0.2, 0.25) is 0 Å². The van der Waals surface area contributed by atoms with Gasteiger partial charge in [0, 0.05) is 25.3 Å². The number of thioether (sulfide) groups is 1. The topological polar surface area (TPSA) is 43.8 Å². The van der Waals surface area contributed by atoms with E-state index in [1.54, 1.807) is 0 Å². The molecule has 1 rings (SSSR count). The van der Waals surface area contributed by atoms with Crippen molar-refractivity contribution in [2.75, 3.05) is 11.5 Å². The van der Waals surface area contributed by atoms with Gasteiger partial charge in [-0.2, -0.15) is 16.9 Å². The highest BCUT2D eigenvalue weighted by Gasteiger charge is 2.15. The Morgan fingerprint density at radius 2 is 2.06 bits per heavy atom. The summed E-state index contributed by atoms with van der Waals surface area (Å²) >= 11 is 5.58. The fourth-order valence-corrected chi connectivity index (χ4v) is 3.61. The number of nitrogens with zero attached hydrogens (tertiary/aromatic N) is 2. The normalized spacial score (nSPS) is 13.3. The molecule has 1 aromatic heterocycles. The molecule has 0 aliphatic heterocycles. The maximum Gasteiger partial charge on any atom is 0.0766 e. The van der Waals surface area contributed by atoms with E-state index in [4.69, 9.17) is 5.73 Å². The number of aromatic nitrogens is 2. The predicted molar refractivity (Wildman–Crippen MR) is 84.1 cm³/mol. The molecule has 0 amide bonds. The molecule has 2 N–H and O–H groups in total. The molecule has 1 unspecified atom stereocenters. The van der Waals surface area contributed by atoms with Crippen molar-refractivity contribution in [3.05, 3.63) is 15.9 Å². The van der Waals surface area contributed by atoms with Crippen LogP contribution in [0.25, 0.3) is 0 Å². The van der Waals surface area contributed by atoms with Crippen LogP contribution in [0.4, 0.5) is 0 Å². The smallest absolute Gasteiger partial charge is 0.0766 e. The van der Waals surface area contributed by atoms with Crippen LogP contribution >= 0.6 is 27.7 Å². The van der Waals surface area contributed by atoms with Crippen molar-refractivity contribution < 1.29 is 0 Å². The molecular weight excluding hydrogens is 310 g/mol. The lowest BCUT2D eigenvalue weighted by Crippen LogP contribution is -2.27. The van der Waals surface area contributed by atoms with E-state index in [-0.39, 0.29) is 6.04 Å². The largest absolute Gasteiger partial charge is 0.327 e. The van der Waals surface area contributed by atoms with Gasteiger partial charge in [-0.05, 0) is 34.0 Å². The third-order valence-corrected chi connectivity index (χ3v) is 5.22. The lowest BCUT2D eigenvalue weighted by atomic mass is 10.2. The zero-order chi connectivity index (χ0) is 13.7. The molecule has 0 aromatic carbocycles. The van der Waals surface area contributed by atoms with Gasteiger partial charge in [-0.1, -0.05) is 20.8 Å². The summed E-state index contributed by atoms with van der Waals surface area (Å²) in [6.07, 6.45) is 1.83. The molecule has 18 heavy (non-hydrogen) atoms. The van der Waals surface area contributed by atoms with E-state index in [1.807, 2.05) is 23.5 Å². The van der Waals surface area contributed by atoms with Gasteiger partial charge in [-0.25, -0.2) is 0 Å². The Balaban J connectivity index is 2.53. The molecule has 1 atom stereocenters. The van der Waals surface area contributed by atoms with Crippen LogP contribution in [-0.2, 0) is 19.9 Å². The maximum atomic E-state index is 6.20. The van der Waals surface area contributed by atoms with Gasteiger partial charge in [0.05, 0.1) is 15.9 Å². The van der Waals surface area contributed by atoms with Crippen LogP contribution in [-0.4, -0.2) is 27.3 Å². The molecular formula is C13H24BrN3S. The molecule has 0 aliphatic rings. The van der Waals surface area contributed by atoms with Gasteiger partial charge < -0.3 is 5.73 Å². The van der Waals surface area contributed by atoms with E-state index in [1.165, 1.54) is 11.4 Å². The Labute approximate surface area is 123 Å². The second-order valence-electron chi connectivity index (χ2n) is 5.08. The first-order valence-electron chi connectivity index (χ1n) is 6.49. The van der Waals surface area contributed by atoms with Gasteiger partial charge in [0.1, 0.15) is 0 Å². The van der Waals surface area contributed by atoms with Gasteiger partial charge in [0.25, 0.3) is 0 Å². The SMILES string of the molecule is CCc1nn(C)c(CC(N)CSCC(C)C)c1Br. The number of aryl methyl sites for hydroxylation is 2. The third kappa shape index (κ3) is 4.59. The van der Waals surface area contributed by atoms with E-state index in [0.717, 1.165) is 34.7 Å². The van der Waals surface area contributed by atoms with Crippen molar-refractivity contribution in [3.63, 3.8) is 0 Å². The minimum Gasteiger partial charge on any atom is -0.327 e. The van der Waals surface area contributed by atoms with Crippen molar-refractivity contribution in [2.45, 2.75) is 39.7 Å². The fourth-order valence-electron chi connectivity index (χ4n) is 1.80. The Morgan fingerprint density at radius 3 is 2.56 bits per heavy atom. The van der Waals surface area contributed by atoms with E-state index >= 15 is 0 Å². The molecule has 0 saturated heterocycles. The molecule has 5 heteroatoms. The minimum atomic E-state index is 0.199. The molecule has 1 aromatic rings. The third-order valence-electron chi connectivity index (χ3n) is 2.74. The van der Waals surface area contributed by atoms with Crippen molar-refractivity contribution in [2.24, 2.45) is 18.7 Å². The summed E-state index contributed by atoms with van der Waals surface area (Å²) in [4.78, 5) is 0. The summed E-state index contributed by atoms with van der Waals surface area (Å²) in [5, 5.41) is 4.50. The molecule has 0 fully saturated rings. The number of halogens is 1. The molecule has 0 aliphatic carbocycles. The Morgan fingerprint density at radius 1 is 1.39 bits per heavy atom. The van der Waals surface area contributed by atoms with Gasteiger partial charge in [-0.3, -0.25) is 4.68 Å². The second-order valence-corrected chi connectivity index (χ2v) is 6.95. The zero-order valence-corrected chi connectivity index (χ0v) is 14.1. The van der Waals surface area contributed by atoms with Crippen molar-refractivity contribution in [3.8, 4) is 0 Å². The van der Waals surface area contributed by atoms with Crippen LogP contribution < -0.4 is 5.73 Å². The standard InChI is InChI=1S/C13H24BrN3S/c1-5-11-13(14)12(17(4)16-11)6-10(15)8-18-7-9(2)3/h9-10H,5-8,15H2,1-4H3. The Kier molecular flexibility index (Phi) is 6.74. The number of hydrogen-bond donors (Lipinski definition) is 1. The van der Waals surface area contributed by atoms with Crippen LogP contribution in [0.15, 0.2) is 4.47 Å². The minimum absolute atomic E-state index is 0.199. The van der Waals surface area contributed by atoms with E-state index in [9.17, 15) is 0 Å². The van der Waals surface area contributed by atoms with Gasteiger partial charge >= 0.3 is 0 Å². The summed E-state index contributed by atoms with van der Waals surface area (Å²) in [7, 11) is 1.99. The van der Waals surface area contributed by atoms with Crippen LogP contribution in [0.3, 0.4) is 0 Å². The average Bonchev–Trinajstić information content (AvgIpc) is 2.56. The van der Waals surface area contributed by atoms with Crippen LogP contribution in [0.2, 0.25) is 0 Å². The lowest BCUT2D eigenvalue weighted by molar-refractivity contribution is 0.648. The average molecular weight is 334 g/mol. The quantitative estimate of drug-likeness (QED) is 0.834. The first-order chi connectivity index (χ1) is 8.45. The first-order valence-corrected chi connectivity index (χ1v) is 8.44. The molecule has 0 spiro atoms. The molecule has 0 radical (unpaired) electrons. The lowest BCUT2D eigenvalue weighted by Gasteiger charge is -2.12. The van der Waals surface area contributed by atoms with E-state index in [2.05, 4.69) is 41.8 Å². The van der Waals surface area contributed by atoms with Gasteiger partial charge in [0.15, 0.2) is 0 Å². The summed E-state index contributed by atoms with van der Waals surface area (Å²) in [6, 6.07) is 0.199. The van der Waals surface area contributed by atoms with Crippen molar-refractivity contribution in [1.29, 1.82) is 0 Å². The first kappa shape index (κ1) is 16.1. The Bertz CT molecular complexity index is 377. The second kappa shape index (κ2) is 7.56. The highest BCUT2D eigenvalue weighted by Crippen LogP contribution is 2.23. The summed E-state index contributed by atoms with van der Waals surface area (Å²) in [6.45, 7) is 6.60. The zero-order valence-electron chi connectivity index (χ0n) is 11.7. The molecule has 3 nitrogen and oxygen atoms in total. The molecule has 0 bridgehead atoms. The fraction of sp³-hybridized carbons (Fsp3) is 0.769.